The lowest BCUT2D eigenvalue weighted by molar-refractivity contribution is -0.118. The molecule has 138 valence electrons. The quantitative estimate of drug-likeness (QED) is 0.443. The third-order valence-electron chi connectivity index (χ3n) is 4.62. The van der Waals surface area contributed by atoms with Gasteiger partial charge in [-0.05, 0) is 45.2 Å². The molecule has 2 aliphatic heterocycles. The minimum atomic E-state index is 0.0206. The second kappa shape index (κ2) is 9.59. The van der Waals surface area contributed by atoms with Crippen LogP contribution < -0.4 is 10.2 Å². The van der Waals surface area contributed by atoms with Crippen LogP contribution in [0.15, 0.2) is 11.2 Å². The number of rotatable bonds is 7. The molecule has 1 aromatic heterocycles. The fourth-order valence-corrected chi connectivity index (χ4v) is 4.19. The lowest BCUT2D eigenvalue weighted by Gasteiger charge is -2.27. The summed E-state index contributed by atoms with van der Waals surface area (Å²) in [5.74, 6) is 1.21. The Hall–Kier alpha value is -1.05. The first kappa shape index (κ1) is 18.7. The van der Waals surface area contributed by atoms with E-state index < -0.39 is 0 Å². The molecule has 6 nitrogen and oxygen atoms in total. The third kappa shape index (κ3) is 6.01. The molecular weight excluding hydrogens is 358 g/mol. The van der Waals surface area contributed by atoms with Gasteiger partial charge in [-0.1, -0.05) is 23.4 Å². The molecule has 0 atom stereocenters. The van der Waals surface area contributed by atoms with Crippen molar-refractivity contribution in [1.82, 2.24) is 20.2 Å². The van der Waals surface area contributed by atoms with Crippen molar-refractivity contribution in [2.45, 2.75) is 37.3 Å². The Morgan fingerprint density at radius 3 is 2.60 bits per heavy atom. The molecule has 3 heterocycles. The van der Waals surface area contributed by atoms with E-state index >= 15 is 0 Å². The van der Waals surface area contributed by atoms with Gasteiger partial charge in [0.2, 0.25) is 5.91 Å². The van der Waals surface area contributed by atoms with Gasteiger partial charge in [0.15, 0.2) is 5.16 Å². The molecule has 2 fully saturated rings. The van der Waals surface area contributed by atoms with E-state index in [9.17, 15) is 4.79 Å². The van der Waals surface area contributed by atoms with Gasteiger partial charge in [-0.2, -0.15) is 0 Å². The Kier molecular flexibility index (Phi) is 7.19. The Labute approximate surface area is 158 Å². The summed E-state index contributed by atoms with van der Waals surface area (Å²) in [5.41, 5.74) is 0. The molecule has 0 saturated carbocycles. The first-order chi connectivity index (χ1) is 12.2. The van der Waals surface area contributed by atoms with Crippen molar-refractivity contribution in [3.63, 3.8) is 0 Å². The molecule has 1 aromatic rings. The van der Waals surface area contributed by atoms with Crippen LogP contribution in [0.4, 0.5) is 5.82 Å². The second-order valence-electron chi connectivity index (χ2n) is 6.57. The number of likely N-dealkylation sites (tertiary alicyclic amines) is 1. The van der Waals surface area contributed by atoms with Gasteiger partial charge >= 0.3 is 0 Å². The number of amides is 1. The highest BCUT2D eigenvalue weighted by Crippen LogP contribution is 2.24. The Bertz CT molecular complexity index is 576. The predicted octanol–water partition coefficient (Wildman–Crippen LogP) is 2.42. The number of hydrogen-bond acceptors (Lipinski definition) is 6. The number of carbonyl (C=O) groups excluding carboxylic acids is 1. The minimum Gasteiger partial charge on any atom is -0.356 e. The van der Waals surface area contributed by atoms with Crippen molar-refractivity contribution < 1.29 is 4.79 Å². The number of piperidine rings is 1. The summed E-state index contributed by atoms with van der Waals surface area (Å²) in [6.45, 7) is 5.96. The van der Waals surface area contributed by atoms with E-state index in [1.54, 1.807) is 0 Å². The second-order valence-corrected chi connectivity index (χ2v) is 7.90. The molecule has 0 bridgehead atoms. The van der Waals surface area contributed by atoms with Crippen molar-refractivity contribution in [3.8, 4) is 0 Å². The van der Waals surface area contributed by atoms with Crippen LogP contribution in [0.2, 0.25) is 5.15 Å². The van der Waals surface area contributed by atoms with Crippen LogP contribution in [0.1, 0.15) is 32.1 Å². The largest absolute Gasteiger partial charge is 0.356 e. The average Bonchev–Trinajstić information content (AvgIpc) is 3.14. The van der Waals surface area contributed by atoms with Crippen molar-refractivity contribution in [1.29, 1.82) is 0 Å². The van der Waals surface area contributed by atoms with Crippen LogP contribution in [0.5, 0.6) is 0 Å². The number of aromatic nitrogens is 2. The molecule has 2 saturated heterocycles. The van der Waals surface area contributed by atoms with Gasteiger partial charge in [0.1, 0.15) is 11.0 Å². The highest BCUT2D eigenvalue weighted by atomic mass is 35.5. The summed E-state index contributed by atoms with van der Waals surface area (Å²) in [6.07, 6.45) is 6.19. The van der Waals surface area contributed by atoms with Crippen molar-refractivity contribution in [2.24, 2.45) is 0 Å². The lowest BCUT2D eigenvalue weighted by atomic mass is 10.1. The van der Waals surface area contributed by atoms with Crippen LogP contribution in [-0.2, 0) is 4.79 Å². The van der Waals surface area contributed by atoms with Gasteiger partial charge in [0, 0.05) is 32.2 Å². The molecule has 0 aromatic carbocycles. The van der Waals surface area contributed by atoms with E-state index in [1.165, 1.54) is 43.9 Å². The number of halogens is 1. The first-order valence-electron chi connectivity index (χ1n) is 9.12. The molecule has 0 spiro atoms. The third-order valence-corrected chi connectivity index (χ3v) is 5.66. The maximum absolute atomic E-state index is 12.0. The highest BCUT2D eigenvalue weighted by Gasteiger charge is 2.15. The van der Waals surface area contributed by atoms with Crippen LogP contribution in [0, 0.1) is 0 Å². The molecule has 3 rings (SSSR count). The normalized spacial score (nSPS) is 18.5. The van der Waals surface area contributed by atoms with E-state index in [-0.39, 0.29) is 5.91 Å². The zero-order valence-corrected chi connectivity index (χ0v) is 16.1. The zero-order chi connectivity index (χ0) is 17.5. The number of nitrogens with zero attached hydrogens (tertiary/aromatic N) is 4. The maximum Gasteiger partial charge on any atom is 0.230 e. The Morgan fingerprint density at radius 1 is 1.12 bits per heavy atom. The standard InChI is InChI=1S/C17H26ClN5OS/c18-14-12-15(23-9-2-1-3-10-23)21-17(20-14)25-13-16(24)19-6-11-22-7-4-5-8-22/h12H,1-11,13H2,(H,19,24). The van der Waals surface area contributed by atoms with Gasteiger partial charge < -0.3 is 15.1 Å². The van der Waals surface area contributed by atoms with Gasteiger partial charge in [0.05, 0.1) is 5.75 Å². The first-order valence-corrected chi connectivity index (χ1v) is 10.5. The molecule has 1 amide bonds. The van der Waals surface area contributed by atoms with Crippen molar-refractivity contribution in [2.75, 3.05) is 49.9 Å². The molecule has 0 radical (unpaired) electrons. The molecule has 8 heteroatoms. The summed E-state index contributed by atoms with van der Waals surface area (Å²) < 4.78 is 0. The van der Waals surface area contributed by atoms with E-state index in [1.807, 2.05) is 6.07 Å². The molecular formula is C17H26ClN5OS. The zero-order valence-electron chi connectivity index (χ0n) is 14.5. The minimum absolute atomic E-state index is 0.0206. The number of thioether (sulfide) groups is 1. The number of carbonyl (C=O) groups is 1. The molecule has 1 N–H and O–H groups in total. The summed E-state index contributed by atoms with van der Waals surface area (Å²) >= 11 is 7.49. The molecule has 0 aliphatic carbocycles. The van der Waals surface area contributed by atoms with Crippen molar-refractivity contribution in [3.05, 3.63) is 11.2 Å². The van der Waals surface area contributed by atoms with Crippen LogP contribution in [0.3, 0.4) is 0 Å². The molecule has 2 aliphatic rings. The Morgan fingerprint density at radius 2 is 1.84 bits per heavy atom. The fourth-order valence-electron chi connectivity index (χ4n) is 3.28. The van der Waals surface area contributed by atoms with E-state index in [0.717, 1.165) is 38.5 Å². The monoisotopic (exact) mass is 383 g/mol. The average molecular weight is 384 g/mol. The summed E-state index contributed by atoms with van der Waals surface area (Å²) in [5, 5.41) is 3.98. The fraction of sp³-hybridized carbons (Fsp3) is 0.706. The Balaban J connectivity index is 1.45. The SMILES string of the molecule is O=C(CSc1nc(Cl)cc(N2CCCCC2)n1)NCCN1CCCC1. The number of nitrogens with one attached hydrogen (secondary N) is 1. The topological polar surface area (TPSA) is 61.4 Å². The van der Waals surface area contributed by atoms with E-state index in [2.05, 4.69) is 25.1 Å². The smallest absolute Gasteiger partial charge is 0.230 e. The summed E-state index contributed by atoms with van der Waals surface area (Å²) in [4.78, 5) is 25.5. The lowest BCUT2D eigenvalue weighted by Crippen LogP contribution is -2.34. The van der Waals surface area contributed by atoms with Crippen molar-refractivity contribution >= 4 is 35.1 Å². The van der Waals surface area contributed by atoms with Gasteiger partial charge in [0.25, 0.3) is 0 Å². The maximum atomic E-state index is 12.0. The van der Waals surface area contributed by atoms with E-state index in [4.69, 9.17) is 11.6 Å². The summed E-state index contributed by atoms with van der Waals surface area (Å²) in [6, 6.07) is 1.81. The molecule has 25 heavy (non-hydrogen) atoms. The molecule has 0 unspecified atom stereocenters. The van der Waals surface area contributed by atoms with Crippen LogP contribution in [-0.4, -0.2) is 65.8 Å². The van der Waals surface area contributed by atoms with Gasteiger partial charge in [-0.15, -0.1) is 0 Å². The van der Waals surface area contributed by atoms with Gasteiger partial charge in [-0.25, -0.2) is 9.97 Å². The number of anilines is 1. The number of hydrogen-bond donors (Lipinski definition) is 1. The predicted molar refractivity (Wildman–Crippen MR) is 103 cm³/mol. The van der Waals surface area contributed by atoms with E-state index in [0.29, 0.717) is 22.6 Å². The van der Waals surface area contributed by atoms with Gasteiger partial charge in [-0.3, -0.25) is 4.79 Å². The van der Waals surface area contributed by atoms with Crippen LogP contribution >= 0.6 is 23.4 Å². The van der Waals surface area contributed by atoms with Crippen LogP contribution in [0.25, 0.3) is 0 Å². The highest BCUT2D eigenvalue weighted by molar-refractivity contribution is 7.99. The summed E-state index contributed by atoms with van der Waals surface area (Å²) in [7, 11) is 0.